The van der Waals surface area contributed by atoms with Crippen molar-refractivity contribution in [3.05, 3.63) is 30.3 Å². The van der Waals surface area contributed by atoms with Crippen molar-refractivity contribution >= 4 is 36.8 Å². The first-order chi connectivity index (χ1) is 10.4. The summed E-state index contributed by atoms with van der Waals surface area (Å²) < 4.78 is 17.8. The van der Waals surface area contributed by atoms with E-state index in [1.807, 2.05) is 6.07 Å². The van der Waals surface area contributed by atoms with Crippen molar-refractivity contribution in [1.82, 2.24) is 5.32 Å². The van der Waals surface area contributed by atoms with Crippen molar-refractivity contribution in [3.8, 4) is 0 Å². The lowest BCUT2D eigenvalue weighted by Gasteiger charge is -2.17. The van der Waals surface area contributed by atoms with Crippen molar-refractivity contribution in [2.24, 2.45) is 11.7 Å². The van der Waals surface area contributed by atoms with Gasteiger partial charge in [-0.25, -0.2) is 0 Å². The minimum absolute atomic E-state index is 0. The van der Waals surface area contributed by atoms with Crippen LogP contribution >= 0.6 is 19.8 Å². The number of Topliss-reactive ketones (excluding diaryl/α,β-unsaturated/α-hetero) is 1. The highest BCUT2D eigenvalue weighted by molar-refractivity contribution is 7.66. The van der Waals surface area contributed by atoms with Crippen molar-refractivity contribution < 1.29 is 18.7 Å². The molecular formula is C15H22ClN2O4P. The Kier molecular flexibility index (Phi) is 7.42. The van der Waals surface area contributed by atoms with Gasteiger partial charge in [-0.1, -0.05) is 18.2 Å². The molecule has 1 aromatic carbocycles. The predicted molar refractivity (Wildman–Crippen MR) is 91.5 cm³/mol. The monoisotopic (exact) mass is 360 g/mol. The maximum Gasteiger partial charge on any atom is 0.229 e. The Morgan fingerprint density at radius 1 is 1.43 bits per heavy atom. The molecule has 0 saturated carbocycles. The lowest BCUT2D eigenvalue weighted by atomic mass is 9.97. The SMILES string of the molecule is CP(=O)(OCC(=O)[C@@H](N)C[C@@H]1CCNC1=O)c1ccccc1.Cl. The van der Waals surface area contributed by atoms with Gasteiger partial charge in [-0.05, 0) is 25.0 Å². The summed E-state index contributed by atoms with van der Waals surface area (Å²) in [7, 11) is -3.04. The Hall–Kier alpha value is -1.20. The fourth-order valence-electron chi connectivity index (χ4n) is 2.38. The van der Waals surface area contributed by atoms with Crippen LogP contribution in [-0.4, -0.2) is 37.5 Å². The summed E-state index contributed by atoms with van der Waals surface area (Å²) in [6, 6.07) is 7.98. The number of carbonyl (C=O) groups is 2. The molecule has 1 aliphatic rings. The van der Waals surface area contributed by atoms with Gasteiger partial charge < -0.3 is 15.6 Å². The van der Waals surface area contributed by atoms with Gasteiger partial charge >= 0.3 is 0 Å². The molecule has 1 aromatic rings. The van der Waals surface area contributed by atoms with Gasteiger partial charge in [-0.15, -0.1) is 12.4 Å². The summed E-state index contributed by atoms with van der Waals surface area (Å²) in [5, 5.41) is 3.27. The van der Waals surface area contributed by atoms with E-state index in [9.17, 15) is 14.2 Å². The molecule has 1 aliphatic heterocycles. The highest BCUT2D eigenvalue weighted by Crippen LogP contribution is 2.40. The van der Waals surface area contributed by atoms with Crippen LogP contribution in [0.1, 0.15) is 12.8 Å². The average Bonchev–Trinajstić information content (AvgIpc) is 2.91. The minimum atomic E-state index is -3.04. The molecule has 2 rings (SSSR count). The van der Waals surface area contributed by atoms with Gasteiger partial charge in [0, 0.05) is 24.4 Å². The fourth-order valence-corrected chi connectivity index (χ4v) is 3.61. The molecule has 1 saturated heterocycles. The second-order valence-electron chi connectivity index (χ2n) is 5.54. The highest BCUT2D eigenvalue weighted by atomic mass is 35.5. The van der Waals surface area contributed by atoms with Crippen molar-refractivity contribution in [3.63, 3.8) is 0 Å². The number of hydrogen-bond acceptors (Lipinski definition) is 5. The summed E-state index contributed by atoms with van der Waals surface area (Å²) in [5.41, 5.74) is 5.83. The van der Waals surface area contributed by atoms with Gasteiger partial charge in [0.25, 0.3) is 0 Å². The molecule has 1 heterocycles. The van der Waals surface area contributed by atoms with Crippen LogP contribution in [0, 0.1) is 5.92 Å². The van der Waals surface area contributed by atoms with E-state index in [0.29, 0.717) is 24.7 Å². The van der Waals surface area contributed by atoms with E-state index in [4.69, 9.17) is 10.3 Å². The Morgan fingerprint density at radius 3 is 2.65 bits per heavy atom. The molecule has 1 amide bonds. The number of amides is 1. The highest BCUT2D eigenvalue weighted by Gasteiger charge is 2.29. The van der Waals surface area contributed by atoms with E-state index in [-0.39, 0.29) is 36.6 Å². The van der Waals surface area contributed by atoms with E-state index in [1.165, 1.54) is 6.66 Å². The molecular weight excluding hydrogens is 339 g/mol. The number of nitrogens with one attached hydrogen (secondary N) is 1. The topological polar surface area (TPSA) is 98.5 Å². The molecule has 3 N–H and O–H groups in total. The molecule has 128 valence electrons. The Labute approximate surface area is 142 Å². The number of benzene rings is 1. The summed E-state index contributed by atoms with van der Waals surface area (Å²) in [4.78, 5) is 23.5. The summed E-state index contributed by atoms with van der Waals surface area (Å²) in [6.45, 7) is 1.79. The molecule has 8 heteroatoms. The zero-order valence-electron chi connectivity index (χ0n) is 12.9. The molecule has 23 heavy (non-hydrogen) atoms. The lowest BCUT2D eigenvalue weighted by molar-refractivity contribution is -0.124. The number of carbonyl (C=O) groups excluding carboxylic acids is 2. The van der Waals surface area contributed by atoms with Crippen LogP contribution in [0.5, 0.6) is 0 Å². The third-order valence-electron chi connectivity index (χ3n) is 3.79. The van der Waals surface area contributed by atoms with Crippen LogP contribution in [0.3, 0.4) is 0 Å². The first-order valence-electron chi connectivity index (χ1n) is 7.24. The Morgan fingerprint density at radius 2 is 2.09 bits per heavy atom. The number of hydrogen-bond donors (Lipinski definition) is 2. The summed E-state index contributed by atoms with van der Waals surface area (Å²) in [6.07, 6.45) is 0.990. The van der Waals surface area contributed by atoms with Gasteiger partial charge in [-0.2, -0.15) is 0 Å². The second kappa shape index (κ2) is 8.60. The average molecular weight is 361 g/mol. The smallest absolute Gasteiger partial charge is 0.229 e. The zero-order chi connectivity index (χ0) is 16.2. The van der Waals surface area contributed by atoms with Crippen molar-refractivity contribution in [2.75, 3.05) is 19.8 Å². The molecule has 0 bridgehead atoms. The fraction of sp³-hybridized carbons (Fsp3) is 0.467. The van der Waals surface area contributed by atoms with Gasteiger partial charge in [0.1, 0.15) is 6.61 Å². The van der Waals surface area contributed by atoms with Gasteiger partial charge in [-0.3, -0.25) is 14.2 Å². The molecule has 1 fully saturated rings. The largest absolute Gasteiger partial charge is 0.356 e. The zero-order valence-corrected chi connectivity index (χ0v) is 14.6. The van der Waals surface area contributed by atoms with Gasteiger partial charge in [0.2, 0.25) is 13.3 Å². The second-order valence-corrected chi connectivity index (χ2v) is 8.01. The molecule has 0 spiro atoms. The van der Waals surface area contributed by atoms with Crippen LogP contribution in [0.2, 0.25) is 0 Å². The van der Waals surface area contributed by atoms with E-state index in [2.05, 4.69) is 5.32 Å². The van der Waals surface area contributed by atoms with E-state index >= 15 is 0 Å². The van der Waals surface area contributed by atoms with Crippen LogP contribution in [-0.2, 0) is 18.7 Å². The number of nitrogens with two attached hydrogens (primary N) is 1. The van der Waals surface area contributed by atoms with Crippen LogP contribution < -0.4 is 16.4 Å². The third-order valence-corrected chi connectivity index (χ3v) is 5.65. The first kappa shape index (κ1) is 19.8. The third kappa shape index (κ3) is 5.43. The molecule has 0 radical (unpaired) electrons. The molecule has 3 atom stereocenters. The number of halogens is 1. The number of ketones is 1. The molecule has 0 aliphatic carbocycles. The predicted octanol–water partition coefficient (Wildman–Crippen LogP) is 1.08. The normalized spacial score (nSPS) is 21.0. The maximum absolute atomic E-state index is 12.5. The minimum Gasteiger partial charge on any atom is -0.356 e. The molecule has 1 unspecified atom stereocenters. The Bertz CT molecular complexity index is 596. The first-order valence-corrected chi connectivity index (χ1v) is 9.31. The summed E-state index contributed by atoms with van der Waals surface area (Å²) >= 11 is 0. The van der Waals surface area contributed by atoms with Gasteiger partial charge in [0.15, 0.2) is 5.78 Å². The molecule has 0 aromatic heterocycles. The lowest BCUT2D eigenvalue weighted by Crippen LogP contribution is -2.37. The van der Waals surface area contributed by atoms with Crippen LogP contribution in [0.15, 0.2) is 30.3 Å². The summed E-state index contributed by atoms with van der Waals surface area (Å²) in [5.74, 6) is -0.617. The standard InChI is InChI=1S/C15H21N2O4P.ClH/c1-22(20,12-5-3-2-4-6-12)21-10-14(18)13(16)9-11-7-8-17-15(11)19;/h2-6,11,13H,7-10,16H2,1H3,(H,17,19);1H/t11-,13-,22?;/m0./s1. The quantitative estimate of drug-likeness (QED) is 0.709. The van der Waals surface area contributed by atoms with E-state index in [0.717, 1.165) is 0 Å². The van der Waals surface area contributed by atoms with Crippen LogP contribution in [0.25, 0.3) is 0 Å². The van der Waals surface area contributed by atoms with E-state index < -0.39 is 13.4 Å². The maximum atomic E-state index is 12.5. The van der Waals surface area contributed by atoms with Crippen LogP contribution in [0.4, 0.5) is 0 Å². The number of rotatable bonds is 7. The van der Waals surface area contributed by atoms with Crippen molar-refractivity contribution in [2.45, 2.75) is 18.9 Å². The van der Waals surface area contributed by atoms with Crippen molar-refractivity contribution in [1.29, 1.82) is 0 Å². The van der Waals surface area contributed by atoms with Gasteiger partial charge in [0.05, 0.1) is 6.04 Å². The van der Waals surface area contributed by atoms with E-state index in [1.54, 1.807) is 24.3 Å². The Balaban J connectivity index is 0.00000264. The molecule has 6 nitrogen and oxygen atoms in total.